The van der Waals surface area contributed by atoms with Crippen molar-refractivity contribution in [1.29, 1.82) is 5.26 Å². The second-order valence-electron chi connectivity index (χ2n) is 3.79. The van der Waals surface area contributed by atoms with Crippen LogP contribution in [0.1, 0.15) is 11.1 Å². The van der Waals surface area contributed by atoms with Crippen molar-refractivity contribution in [3.63, 3.8) is 0 Å². The Bertz CT molecular complexity index is 526. The van der Waals surface area contributed by atoms with Gasteiger partial charge in [-0.05, 0) is 24.6 Å². The Morgan fingerprint density at radius 3 is 2.65 bits per heavy atom. The standard InChI is InChI=1S/C12H8F3NO/c1-7-2-3-8-5-9(6-16)11(12(13,14)15)17-10(8)4-7/h2-5,11H,1H3/t11-/m0/s1. The third-order valence-electron chi connectivity index (χ3n) is 2.43. The topological polar surface area (TPSA) is 33.0 Å². The van der Waals surface area contributed by atoms with E-state index in [0.717, 1.165) is 5.56 Å². The number of hydrogen-bond donors (Lipinski definition) is 0. The molecule has 1 aromatic rings. The Morgan fingerprint density at radius 2 is 2.06 bits per heavy atom. The Morgan fingerprint density at radius 1 is 1.35 bits per heavy atom. The first-order valence-corrected chi connectivity index (χ1v) is 4.87. The van der Waals surface area contributed by atoms with Gasteiger partial charge in [0.15, 0.2) is 0 Å². The minimum atomic E-state index is -4.58. The smallest absolute Gasteiger partial charge is 0.430 e. The van der Waals surface area contributed by atoms with Crippen LogP contribution < -0.4 is 4.74 Å². The molecule has 0 radical (unpaired) electrons. The molecule has 2 nitrogen and oxygen atoms in total. The molecule has 2 rings (SSSR count). The molecule has 0 amide bonds. The monoisotopic (exact) mass is 239 g/mol. The lowest BCUT2D eigenvalue weighted by atomic mass is 10.0. The first kappa shape index (κ1) is 11.5. The van der Waals surface area contributed by atoms with E-state index in [9.17, 15) is 13.2 Å². The van der Waals surface area contributed by atoms with Crippen molar-refractivity contribution >= 4 is 6.08 Å². The van der Waals surface area contributed by atoms with E-state index in [1.165, 1.54) is 18.2 Å². The fourth-order valence-corrected chi connectivity index (χ4v) is 1.63. The largest absolute Gasteiger partial charge is 0.475 e. The molecule has 0 fully saturated rings. The van der Waals surface area contributed by atoms with Crippen LogP contribution in [0.5, 0.6) is 5.75 Å². The summed E-state index contributed by atoms with van der Waals surface area (Å²) in [5.74, 6) is 0.159. The molecule has 0 saturated carbocycles. The summed E-state index contributed by atoms with van der Waals surface area (Å²) < 4.78 is 42.8. The third kappa shape index (κ3) is 2.11. The van der Waals surface area contributed by atoms with Gasteiger partial charge in [-0.2, -0.15) is 18.4 Å². The van der Waals surface area contributed by atoms with E-state index in [1.807, 2.05) is 0 Å². The van der Waals surface area contributed by atoms with Crippen LogP contribution in [0.15, 0.2) is 23.8 Å². The number of halogens is 3. The van der Waals surface area contributed by atoms with Gasteiger partial charge >= 0.3 is 6.18 Å². The highest BCUT2D eigenvalue weighted by molar-refractivity contribution is 5.67. The van der Waals surface area contributed by atoms with Gasteiger partial charge in [0.1, 0.15) is 5.75 Å². The highest BCUT2D eigenvalue weighted by atomic mass is 19.4. The molecule has 0 bridgehead atoms. The van der Waals surface area contributed by atoms with Crippen molar-refractivity contribution in [2.45, 2.75) is 19.2 Å². The number of rotatable bonds is 0. The first-order valence-electron chi connectivity index (χ1n) is 4.87. The lowest BCUT2D eigenvalue weighted by Gasteiger charge is -2.26. The molecule has 1 heterocycles. The average Bonchev–Trinajstić information content (AvgIpc) is 2.26. The normalized spacial score (nSPS) is 18.8. The minimum absolute atomic E-state index is 0.159. The molecule has 1 aromatic carbocycles. The predicted octanol–water partition coefficient (Wildman–Crippen LogP) is 3.23. The summed E-state index contributed by atoms with van der Waals surface area (Å²) >= 11 is 0. The number of nitriles is 1. The van der Waals surface area contributed by atoms with Gasteiger partial charge in [0.05, 0.1) is 11.6 Å². The van der Waals surface area contributed by atoms with Gasteiger partial charge in [-0.3, -0.25) is 0 Å². The average molecular weight is 239 g/mol. The molecule has 0 N–H and O–H groups in total. The van der Waals surface area contributed by atoms with Gasteiger partial charge in [0, 0.05) is 5.56 Å². The summed E-state index contributed by atoms with van der Waals surface area (Å²) in [4.78, 5) is 0. The molecule has 17 heavy (non-hydrogen) atoms. The van der Waals surface area contributed by atoms with Crippen LogP contribution in [0.25, 0.3) is 6.08 Å². The summed E-state index contributed by atoms with van der Waals surface area (Å²) in [6, 6.07) is 6.44. The minimum Gasteiger partial charge on any atom is -0.475 e. The fourth-order valence-electron chi connectivity index (χ4n) is 1.63. The van der Waals surface area contributed by atoms with Crippen LogP contribution in [0.4, 0.5) is 13.2 Å². The van der Waals surface area contributed by atoms with Crippen molar-refractivity contribution in [2.75, 3.05) is 0 Å². The summed E-state index contributed by atoms with van der Waals surface area (Å²) in [5, 5.41) is 8.71. The van der Waals surface area contributed by atoms with E-state index in [0.29, 0.717) is 5.56 Å². The number of benzene rings is 1. The van der Waals surface area contributed by atoms with Crippen molar-refractivity contribution < 1.29 is 17.9 Å². The zero-order chi connectivity index (χ0) is 12.6. The molecule has 0 aliphatic carbocycles. The highest BCUT2D eigenvalue weighted by Crippen LogP contribution is 2.37. The van der Waals surface area contributed by atoms with Gasteiger partial charge in [-0.25, -0.2) is 0 Å². The second-order valence-corrected chi connectivity index (χ2v) is 3.79. The zero-order valence-corrected chi connectivity index (χ0v) is 8.88. The van der Waals surface area contributed by atoms with Gasteiger partial charge in [0.25, 0.3) is 0 Å². The molecule has 0 unspecified atom stereocenters. The van der Waals surface area contributed by atoms with E-state index in [-0.39, 0.29) is 5.75 Å². The van der Waals surface area contributed by atoms with Crippen molar-refractivity contribution in [3.8, 4) is 11.8 Å². The lowest BCUT2D eigenvalue weighted by molar-refractivity contribution is -0.182. The Kier molecular flexibility index (Phi) is 2.58. The number of fused-ring (bicyclic) bond motifs is 1. The van der Waals surface area contributed by atoms with Crippen LogP contribution >= 0.6 is 0 Å². The summed E-state index contributed by atoms with van der Waals surface area (Å²) in [5.41, 5.74) is 0.875. The zero-order valence-electron chi connectivity index (χ0n) is 8.88. The van der Waals surface area contributed by atoms with E-state index >= 15 is 0 Å². The number of ether oxygens (including phenoxy) is 1. The molecule has 1 aliphatic heterocycles. The van der Waals surface area contributed by atoms with Crippen LogP contribution in [0, 0.1) is 18.3 Å². The maximum absolute atomic E-state index is 12.7. The predicted molar refractivity (Wildman–Crippen MR) is 55.2 cm³/mol. The van der Waals surface area contributed by atoms with Gasteiger partial charge in [-0.15, -0.1) is 0 Å². The number of nitrogens with zero attached hydrogens (tertiary/aromatic N) is 1. The maximum atomic E-state index is 12.7. The number of hydrogen-bond acceptors (Lipinski definition) is 2. The molecule has 1 aliphatic rings. The number of aryl methyl sites for hydroxylation is 1. The highest BCUT2D eigenvalue weighted by Gasteiger charge is 2.46. The Balaban J connectivity index is 2.50. The second kappa shape index (κ2) is 3.81. The van der Waals surface area contributed by atoms with Crippen LogP contribution in [-0.2, 0) is 0 Å². The van der Waals surface area contributed by atoms with Crippen LogP contribution in [0.2, 0.25) is 0 Å². The molecule has 0 saturated heterocycles. The van der Waals surface area contributed by atoms with Crippen molar-refractivity contribution in [2.24, 2.45) is 0 Å². The summed E-state index contributed by atoms with van der Waals surface area (Å²) in [6.07, 6.45) is -5.53. The summed E-state index contributed by atoms with van der Waals surface area (Å²) in [7, 11) is 0. The third-order valence-corrected chi connectivity index (χ3v) is 2.43. The van der Waals surface area contributed by atoms with Crippen molar-refractivity contribution in [1.82, 2.24) is 0 Å². The SMILES string of the molecule is Cc1ccc2c(c1)O[C@H](C(F)(F)F)C(C#N)=C2. The molecule has 5 heteroatoms. The summed E-state index contributed by atoms with van der Waals surface area (Å²) in [6.45, 7) is 1.76. The Labute approximate surface area is 95.9 Å². The molecule has 0 spiro atoms. The van der Waals surface area contributed by atoms with Gasteiger partial charge in [-0.1, -0.05) is 12.1 Å². The maximum Gasteiger partial charge on any atom is 0.430 e. The van der Waals surface area contributed by atoms with Crippen LogP contribution in [-0.4, -0.2) is 12.3 Å². The molecular weight excluding hydrogens is 231 g/mol. The molecule has 0 aromatic heterocycles. The molecular formula is C12H8F3NO. The van der Waals surface area contributed by atoms with Gasteiger partial charge in [0.2, 0.25) is 6.10 Å². The van der Waals surface area contributed by atoms with E-state index in [4.69, 9.17) is 10.00 Å². The molecule has 88 valence electrons. The Hall–Kier alpha value is -1.96. The first-order chi connectivity index (χ1) is 7.91. The van der Waals surface area contributed by atoms with Crippen molar-refractivity contribution in [3.05, 3.63) is 34.9 Å². The van der Waals surface area contributed by atoms with E-state index < -0.39 is 17.9 Å². The van der Waals surface area contributed by atoms with Gasteiger partial charge < -0.3 is 4.74 Å². The van der Waals surface area contributed by atoms with Crippen LogP contribution in [0.3, 0.4) is 0 Å². The van der Waals surface area contributed by atoms with E-state index in [1.54, 1.807) is 19.1 Å². The van der Waals surface area contributed by atoms with E-state index in [2.05, 4.69) is 0 Å². The fraction of sp³-hybridized carbons (Fsp3) is 0.250. The number of alkyl halides is 3. The molecule has 1 atom stereocenters. The lowest BCUT2D eigenvalue weighted by Crippen LogP contribution is -2.37. The quantitative estimate of drug-likeness (QED) is 0.696.